The van der Waals surface area contributed by atoms with Crippen molar-refractivity contribution in [2.45, 2.75) is 75.5 Å². The first-order valence-electron chi connectivity index (χ1n) is 13.8. The summed E-state index contributed by atoms with van der Waals surface area (Å²) in [6.45, 7) is 7.02. The zero-order valence-corrected chi connectivity index (χ0v) is 24.1. The van der Waals surface area contributed by atoms with E-state index in [-0.39, 0.29) is 30.0 Å². The minimum Gasteiger partial charge on any atom is -0.444 e. The Bertz CT molecular complexity index is 1490. The highest BCUT2D eigenvalue weighted by molar-refractivity contribution is 7.89. The molecule has 0 radical (unpaired) electrons. The van der Waals surface area contributed by atoms with Gasteiger partial charge in [-0.3, -0.25) is 4.79 Å². The molecule has 2 aromatic heterocycles. The molecule has 2 saturated heterocycles. The molecule has 1 aromatic carbocycles. The van der Waals surface area contributed by atoms with E-state index < -0.39 is 21.2 Å². The first-order valence-corrected chi connectivity index (χ1v) is 15.2. The number of ether oxygens (including phenoxy) is 1. The van der Waals surface area contributed by atoms with E-state index in [0.717, 1.165) is 36.9 Å². The number of aromatic nitrogens is 2. The third-order valence-corrected chi connectivity index (χ3v) is 9.51. The zero-order chi connectivity index (χ0) is 28.5. The highest BCUT2D eigenvalue weighted by Crippen LogP contribution is 2.38. The zero-order valence-electron chi connectivity index (χ0n) is 23.3. The van der Waals surface area contributed by atoms with Gasteiger partial charge < -0.3 is 19.4 Å². The highest BCUT2D eigenvalue weighted by Gasteiger charge is 2.48. The number of piperidine rings is 2. The molecule has 0 bridgehead atoms. The number of benzene rings is 1. The number of rotatable bonds is 5. The maximum Gasteiger partial charge on any atom is 0.410 e. The molecular weight excluding hydrogens is 530 g/mol. The van der Waals surface area contributed by atoms with Gasteiger partial charge in [0, 0.05) is 44.8 Å². The topological polar surface area (TPSA) is 113 Å². The van der Waals surface area contributed by atoms with Crippen molar-refractivity contribution in [3.05, 3.63) is 66.1 Å². The van der Waals surface area contributed by atoms with E-state index in [1.165, 1.54) is 4.31 Å². The first kappa shape index (κ1) is 28.1. The van der Waals surface area contributed by atoms with E-state index in [1.54, 1.807) is 64.3 Å². The van der Waals surface area contributed by atoms with E-state index in [9.17, 15) is 18.0 Å². The Morgan fingerprint density at radius 1 is 1.02 bits per heavy atom. The van der Waals surface area contributed by atoms with Crippen LogP contribution in [0.5, 0.6) is 0 Å². The summed E-state index contributed by atoms with van der Waals surface area (Å²) in [5.74, 6) is -0.229. The lowest BCUT2D eigenvalue weighted by atomic mass is 9.81. The molecule has 5 rings (SSSR count). The Morgan fingerprint density at radius 2 is 1.77 bits per heavy atom. The number of likely N-dealkylation sites (tertiary alicyclic amines) is 1. The molecule has 4 heterocycles. The molecule has 10 nitrogen and oxygen atoms in total. The number of hydrogen-bond acceptors (Lipinski definition) is 6. The van der Waals surface area contributed by atoms with Gasteiger partial charge >= 0.3 is 6.09 Å². The molecule has 1 unspecified atom stereocenters. The summed E-state index contributed by atoms with van der Waals surface area (Å²) in [6.07, 6.45) is 8.80. The number of sulfonamides is 1. The molecule has 0 aliphatic carbocycles. The van der Waals surface area contributed by atoms with E-state index in [0.29, 0.717) is 25.1 Å². The fraction of sp³-hybridized carbons (Fsp3) is 0.483. The summed E-state index contributed by atoms with van der Waals surface area (Å²) in [5.41, 5.74) is 0.872. The van der Waals surface area contributed by atoms with Crippen LogP contribution in [-0.4, -0.2) is 69.8 Å². The van der Waals surface area contributed by atoms with Crippen LogP contribution in [0.2, 0.25) is 0 Å². The Kier molecular flexibility index (Phi) is 7.62. The predicted octanol–water partition coefficient (Wildman–Crippen LogP) is 4.21. The summed E-state index contributed by atoms with van der Waals surface area (Å²) in [6, 6.07) is 10.1. The molecule has 1 spiro atoms. The number of fused-ring (bicyclic) bond motifs is 1. The van der Waals surface area contributed by atoms with E-state index in [1.807, 2.05) is 20.8 Å². The molecule has 11 heteroatoms. The van der Waals surface area contributed by atoms with Gasteiger partial charge in [0.05, 0.1) is 16.0 Å². The van der Waals surface area contributed by atoms with Crippen LogP contribution in [-0.2, 0) is 21.3 Å². The highest BCUT2D eigenvalue weighted by atomic mass is 32.2. The fourth-order valence-electron chi connectivity index (χ4n) is 5.67. The average molecular weight is 568 g/mol. The molecule has 2 fully saturated rings. The number of imidazole rings is 1. The smallest absolute Gasteiger partial charge is 0.410 e. The summed E-state index contributed by atoms with van der Waals surface area (Å²) in [5, 5.41) is 2.88. The Labute approximate surface area is 235 Å². The van der Waals surface area contributed by atoms with Gasteiger partial charge in [0.15, 0.2) is 0 Å². The lowest BCUT2D eigenvalue weighted by Gasteiger charge is -2.51. The molecule has 40 heavy (non-hydrogen) atoms. The monoisotopic (exact) mass is 567 g/mol. The third kappa shape index (κ3) is 5.85. The van der Waals surface area contributed by atoms with Gasteiger partial charge in [-0.2, -0.15) is 4.31 Å². The van der Waals surface area contributed by atoms with Crippen LogP contribution in [0.3, 0.4) is 0 Å². The van der Waals surface area contributed by atoms with Crippen LogP contribution in [0.1, 0.15) is 68.8 Å². The minimum absolute atomic E-state index is 0.199. The molecule has 0 saturated carbocycles. The molecule has 3 aromatic rings. The van der Waals surface area contributed by atoms with Crippen LogP contribution in [0, 0.1) is 0 Å². The quantitative estimate of drug-likeness (QED) is 0.494. The molecule has 1 atom stereocenters. The lowest BCUT2D eigenvalue weighted by Crippen LogP contribution is -2.63. The van der Waals surface area contributed by atoms with E-state index in [2.05, 4.69) is 10.3 Å². The van der Waals surface area contributed by atoms with Gasteiger partial charge in [-0.15, -0.1) is 0 Å². The normalized spacial score (nSPS) is 20.5. The summed E-state index contributed by atoms with van der Waals surface area (Å²) in [4.78, 5) is 31.9. The van der Waals surface area contributed by atoms with Crippen LogP contribution in [0.25, 0.3) is 5.65 Å². The second-order valence-corrected chi connectivity index (χ2v) is 13.6. The number of amides is 2. The average Bonchev–Trinajstić information content (AvgIpc) is 3.39. The minimum atomic E-state index is -3.77. The van der Waals surface area contributed by atoms with Crippen molar-refractivity contribution >= 4 is 27.7 Å². The Morgan fingerprint density at radius 3 is 2.52 bits per heavy atom. The predicted molar refractivity (Wildman–Crippen MR) is 150 cm³/mol. The van der Waals surface area contributed by atoms with Crippen molar-refractivity contribution in [3.8, 4) is 0 Å². The Hall–Kier alpha value is -3.44. The van der Waals surface area contributed by atoms with Crippen molar-refractivity contribution in [1.29, 1.82) is 0 Å². The summed E-state index contributed by atoms with van der Waals surface area (Å²) >= 11 is 0. The standard InChI is InChI=1S/C29H37N5O5S/c1-28(2,3)39-27(36)34-17-5-4-13-29(34)14-6-16-33(21-29)40(37,38)24-10-7-22(8-11-24)19-31-26(35)23-9-12-25-30-15-18-32(25)20-23/h7-12,15,18,20H,4-6,13-14,16-17,19,21H2,1-3H3,(H,31,35). The largest absolute Gasteiger partial charge is 0.444 e. The molecule has 2 aliphatic heterocycles. The maximum atomic E-state index is 13.7. The number of carbonyl (C=O) groups is 2. The van der Waals surface area contributed by atoms with E-state index in [4.69, 9.17) is 4.74 Å². The van der Waals surface area contributed by atoms with Gasteiger partial charge in [-0.05, 0) is 82.7 Å². The number of nitrogens with zero attached hydrogens (tertiary/aromatic N) is 4. The second-order valence-electron chi connectivity index (χ2n) is 11.7. The molecule has 1 N–H and O–H groups in total. The Balaban J connectivity index is 1.26. The molecule has 214 valence electrons. The lowest BCUT2D eigenvalue weighted by molar-refractivity contribution is -0.0312. The number of hydrogen-bond donors (Lipinski definition) is 1. The summed E-state index contributed by atoms with van der Waals surface area (Å²) in [7, 11) is -3.77. The van der Waals surface area contributed by atoms with Crippen molar-refractivity contribution in [2.75, 3.05) is 19.6 Å². The molecule has 2 amide bonds. The third-order valence-electron chi connectivity index (χ3n) is 7.65. The SMILES string of the molecule is CC(C)(C)OC(=O)N1CCCCC12CCCN(S(=O)(=O)c1ccc(CNC(=O)c3ccc4nccn4c3)cc1)C2. The van der Waals surface area contributed by atoms with Crippen molar-refractivity contribution in [2.24, 2.45) is 0 Å². The van der Waals surface area contributed by atoms with Crippen molar-refractivity contribution < 1.29 is 22.7 Å². The van der Waals surface area contributed by atoms with Crippen molar-refractivity contribution in [3.63, 3.8) is 0 Å². The number of pyridine rings is 1. The first-order chi connectivity index (χ1) is 19.0. The van der Waals surface area contributed by atoms with Gasteiger partial charge in [0.2, 0.25) is 10.0 Å². The number of carbonyl (C=O) groups excluding carboxylic acids is 2. The summed E-state index contributed by atoms with van der Waals surface area (Å²) < 4.78 is 36.3. The van der Waals surface area contributed by atoms with Crippen LogP contribution < -0.4 is 5.32 Å². The second kappa shape index (κ2) is 10.9. The van der Waals surface area contributed by atoms with Gasteiger partial charge in [-0.25, -0.2) is 18.2 Å². The molecular formula is C29H37N5O5S. The van der Waals surface area contributed by atoms with Crippen LogP contribution in [0.4, 0.5) is 4.79 Å². The van der Waals surface area contributed by atoms with Gasteiger partial charge in [-0.1, -0.05) is 12.1 Å². The molecule has 2 aliphatic rings. The maximum absolute atomic E-state index is 13.7. The van der Waals surface area contributed by atoms with E-state index >= 15 is 0 Å². The fourth-order valence-corrected chi connectivity index (χ4v) is 7.22. The number of nitrogens with one attached hydrogen (secondary N) is 1. The van der Waals surface area contributed by atoms with Gasteiger partial charge in [0.25, 0.3) is 5.91 Å². The van der Waals surface area contributed by atoms with Crippen LogP contribution in [0.15, 0.2) is 59.9 Å². The van der Waals surface area contributed by atoms with Crippen LogP contribution >= 0.6 is 0 Å². The van der Waals surface area contributed by atoms with Crippen molar-refractivity contribution in [1.82, 2.24) is 23.9 Å². The van der Waals surface area contributed by atoms with Gasteiger partial charge in [0.1, 0.15) is 11.2 Å².